The molecule has 0 aliphatic carbocycles. The Morgan fingerprint density at radius 3 is 2.93 bits per heavy atom. The van der Waals surface area contributed by atoms with Gasteiger partial charge in [-0.25, -0.2) is 4.98 Å². The van der Waals surface area contributed by atoms with E-state index in [0.29, 0.717) is 11.6 Å². The van der Waals surface area contributed by atoms with Gasteiger partial charge in [0.25, 0.3) is 5.91 Å². The minimum atomic E-state index is 0.0648. The number of aromatic nitrogens is 2. The van der Waals surface area contributed by atoms with Crippen molar-refractivity contribution in [2.24, 2.45) is 13.0 Å². The average Bonchev–Trinajstić information content (AvgIpc) is 2.73. The van der Waals surface area contributed by atoms with Crippen molar-refractivity contribution in [3.05, 3.63) is 18.2 Å². The van der Waals surface area contributed by atoms with Gasteiger partial charge in [0.15, 0.2) is 0 Å². The number of carbonyl (C=O) groups is 1. The molecule has 1 aromatic heterocycles. The molecule has 0 saturated carbocycles. The molecule has 1 aliphatic rings. The lowest BCUT2D eigenvalue weighted by molar-refractivity contribution is 0.0783. The van der Waals surface area contributed by atoms with Gasteiger partial charge >= 0.3 is 0 Å². The summed E-state index contributed by atoms with van der Waals surface area (Å²) < 4.78 is 1.80. The highest BCUT2D eigenvalue weighted by atomic mass is 16.2. The third-order valence-corrected chi connectivity index (χ3v) is 2.64. The largest absolute Gasteiger partial charge is 0.340 e. The molecule has 2 heterocycles. The highest BCUT2D eigenvalue weighted by Crippen LogP contribution is 2.16. The minimum Gasteiger partial charge on any atom is -0.340 e. The molecule has 0 radical (unpaired) electrons. The number of carbonyl (C=O) groups excluding carboxylic acids is 1. The Balaban J connectivity index is 2.09. The third kappa shape index (κ3) is 1.64. The maximum Gasteiger partial charge on any atom is 0.274 e. The summed E-state index contributed by atoms with van der Waals surface area (Å²) >= 11 is 0. The first-order chi connectivity index (χ1) is 6.66. The van der Waals surface area contributed by atoms with Gasteiger partial charge < -0.3 is 9.47 Å². The summed E-state index contributed by atoms with van der Waals surface area (Å²) in [7, 11) is 1.87. The summed E-state index contributed by atoms with van der Waals surface area (Å²) in [5.41, 5.74) is 0.557. The number of rotatable bonds is 1. The minimum absolute atomic E-state index is 0.0648. The Bertz CT molecular complexity index is 345. The van der Waals surface area contributed by atoms with E-state index in [0.717, 1.165) is 19.5 Å². The summed E-state index contributed by atoms with van der Waals surface area (Å²) in [6.07, 6.45) is 4.54. The van der Waals surface area contributed by atoms with Crippen LogP contribution in [0.25, 0.3) is 0 Å². The molecule has 0 bridgehead atoms. The van der Waals surface area contributed by atoms with Gasteiger partial charge in [-0.15, -0.1) is 0 Å². The van der Waals surface area contributed by atoms with Gasteiger partial charge in [-0.1, -0.05) is 6.92 Å². The van der Waals surface area contributed by atoms with E-state index in [1.165, 1.54) is 0 Å². The predicted molar refractivity (Wildman–Crippen MR) is 52.9 cm³/mol. The van der Waals surface area contributed by atoms with Crippen LogP contribution in [-0.2, 0) is 7.05 Å². The monoisotopic (exact) mass is 193 g/mol. The molecule has 4 heteroatoms. The van der Waals surface area contributed by atoms with Crippen molar-refractivity contribution in [2.45, 2.75) is 13.3 Å². The van der Waals surface area contributed by atoms with Crippen molar-refractivity contribution in [2.75, 3.05) is 13.1 Å². The van der Waals surface area contributed by atoms with Crippen molar-refractivity contribution >= 4 is 5.91 Å². The highest BCUT2D eigenvalue weighted by Gasteiger charge is 2.25. The Labute approximate surface area is 83.5 Å². The Hall–Kier alpha value is -1.32. The van der Waals surface area contributed by atoms with Crippen LogP contribution in [0.1, 0.15) is 23.8 Å². The molecule has 76 valence electrons. The molecule has 14 heavy (non-hydrogen) atoms. The summed E-state index contributed by atoms with van der Waals surface area (Å²) in [5, 5.41) is 0. The molecule has 0 N–H and O–H groups in total. The maximum absolute atomic E-state index is 11.9. The molecule has 1 atom stereocenters. The summed E-state index contributed by atoms with van der Waals surface area (Å²) in [5.74, 6) is 0.692. The second kappa shape index (κ2) is 3.44. The predicted octanol–water partition coefficient (Wildman–Crippen LogP) is 0.902. The number of amides is 1. The standard InChI is InChI=1S/C10H15N3O/c1-8-3-4-13(5-8)10(14)9-6-12(2)7-11-9/h6-8H,3-5H2,1-2H3. The molecule has 1 fully saturated rings. The quantitative estimate of drug-likeness (QED) is 0.664. The van der Waals surface area contributed by atoms with E-state index in [-0.39, 0.29) is 5.91 Å². The molecule has 1 aliphatic heterocycles. The molecule has 4 nitrogen and oxygen atoms in total. The second-order valence-corrected chi connectivity index (χ2v) is 4.07. The fourth-order valence-corrected chi connectivity index (χ4v) is 1.80. The first kappa shape index (κ1) is 9.24. The number of nitrogens with zero attached hydrogens (tertiary/aromatic N) is 3. The van der Waals surface area contributed by atoms with Crippen molar-refractivity contribution in [3.63, 3.8) is 0 Å². The van der Waals surface area contributed by atoms with Crippen molar-refractivity contribution in [3.8, 4) is 0 Å². The van der Waals surface area contributed by atoms with Gasteiger partial charge in [-0.3, -0.25) is 4.79 Å². The zero-order valence-electron chi connectivity index (χ0n) is 8.60. The molecule has 1 saturated heterocycles. The summed E-state index contributed by atoms with van der Waals surface area (Å²) in [6.45, 7) is 3.91. The molecule has 0 aromatic carbocycles. The maximum atomic E-state index is 11.9. The Morgan fingerprint density at radius 2 is 2.43 bits per heavy atom. The van der Waals surface area contributed by atoms with Crippen LogP contribution in [0.3, 0.4) is 0 Å². The van der Waals surface area contributed by atoms with Gasteiger partial charge in [0.1, 0.15) is 5.69 Å². The van der Waals surface area contributed by atoms with E-state index in [1.54, 1.807) is 17.1 Å². The van der Waals surface area contributed by atoms with E-state index in [2.05, 4.69) is 11.9 Å². The lowest BCUT2D eigenvalue weighted by Gasteiger charge is -2.13. The van der Waals surface area contributed by atoms with E-state index in [1.807, 2.05) is 11.9 Å². The molecular weight excluding hydrogens is 178 g/mol. The van der Waals surface area contributed by atoms with Crippen LogP contribution < -0.4 is 0 Å². The van der Waals surface area contributed by atoms with Gasteiger partial charge in [0, 0.05) is 26.3 Å². The number of aryl methyl sites for hydroxylation is 1. The SMILES string of the molecule is CC1CCN(C(=O)c2cn(C)cn2)C1. The molecule has 1 amide bonds. The van der Waals surface area contributed by atoms with E-state index >= 15 is 0 Å². The molecule has 1 aromatic rings. The number of hydrogen-bond acceptors (Lipinski definition) is 2. The fraction of sp³-hybridized carbons (Fsp3) is 0.600. The number of imidazole rings is 1. The Morgan fingerprint density at radius 1 is 1.64 bits per heavy atom. The average molecular weight is 193 g/mol. The number of hydrogen-bond donors (Lipinski definition) is 0. The topological polar surface area (TPSA) is 38.1 Å². The van der Waals surface area contributed by atoms with Crippen molar-refractivity contribution < 1.29 is 4.79 Å². The van der Waals surface area contributed by atoms with Gasteiger partial charge in [0.05, 0.1) is 6.33 Å². The van der Waals surface area contributed by atoms with Crippen LogP contribution in [0.15, 0.2) is 12.5 Å². The lowest BCUT2D eigenvalue weighted by atomic mass is 10.2. The van der Waals surface area contributed by atoms with E-state index in [9.17, 15) is 4.79 Å². The van der Waals surface area contributed by atoms with Crippen LogP contribution >= 0.6 is 0 Å². The molecule has 0 spiro atoms. The zero-order valence-corrected chi connectivity index (χ0v) is 8.60. The van der Waals surface area contributed by atoms with Crippen LogP contribution in [0.5, 0.6) is 0 Å². The summed E-state index contributed by atoms with van der Waals surface area (Å²) in [6, 6.07) is 0. The zero-order chi connectivity index (χ0) is 10.1. The van der Waals surface area contributed by atoms with Gasteiger partial charge in [-0.05, 0) is 12.3 Å². The van der Waals surface area contributed by atoms with Crippen molar-refractivity contribution in [1.29, 1.82) is 0 Å². The van der Waals surface area contributed by atoms with E-state index < -0.39 is 0 Å². The molecule has 2 rings (SSSR count). The van der Waals surface area contributed by atoms with Crippen LogP contribution in [-0.4, -0.2) is 33.4 Å². The molecular formula is C10H15N3O. The van der Waals surface area contributed by atoms with Gasteiger partial charge in [0.2, 0.25) is 0 Å². The van der Waals surface area contributed by atoms with Crippen molar-refractivity contribution in [1.82, 2.24) is 14.5 Å². The van der Waals surface area contributed by atoms with Crippen LogP contribution in [0, 0.1) is 5.92 Å². The van der Waals surface area contributed by atoms with E-state index in [4.69, 9.17) is 0 Å². The smallest absolute Gasteiger partial charge is 0.274 e. The fourth-order valence-electron chi connectivity index (χ4n) is 1.80. The first-order valence-corrected chi connectivity index (χ1v) is 4.94. The summed E-state index contributed by atoms with van der Waals surface area (Å²) in [4.78, 5) is 17.8. The second-order valence-electron chi connectivity index (χ2n) is 4.07. The third-order valence-electron chi connectivity index (χ3n) is 2.64. The lowest BCUT2D eigenvalue weighted by Crippen LogP contribution is -2.28. The van der Waals surface area contributed by atoms with Gasteiger partial charge in [-0.2, -0.15) is 0 Å². The van der Waals surface area contributed by atoms with Crippen LogP contribution in [0.4, 0.5) is 0 Å². The first-order valence-electron chi connectivity index (χ1n) is 4.94. The molecule has 1 unspecified atom stereocenters. The van der Waals surface area contributed by atoms with Crippen LogP contribution in [0.2, 0.25) is 0 Å². The number of likely N-dealkylation sites (tertiary alicyclic amines) is 1. The highest BCUT2D eigenvalue weighted by molar-refractivity contribution is 5.92. The normalized spacial score (nSPS) is 21.6. The Kier molecular flexibility index (Phi) is 2.27.